The second-order valence-corrected chi connectivity index (χ2v) is 14.0. The molecule has 0 spiro atoms. The lowest BCUT2D eigenvalue weighted by atomic mass is 9.91. The number of amides is 4. The fraction of sp³-hybridized carbons (Fsp3) is 0.300. The van der Waals surface area contributed by atoms with E-state index in [9.17, 15) is 24.3 Å². The first kappa shape index (κ1) is 36.8. The summed E-state index contributed by atoms with van der Waals surface area (Å²) in [5, 5.41) is 14.9. The topological polar surface area (TPSA) is 144 Å². The van der Waals surface area contributed by atoms with Gasteiger partial charge in [0.15, 0.2) is 6.29 Å². The molecule has 2 saturated heterocycles. The normalized spacial score (nSPS) is 21.5. The van der Waals surface area contributed by atoms with Gasteiger partial charge in [0.2, 0.25) is 11.8 Å². The third kappa shape index (κ3) is 9.25. The van der Waals surface area contributed by atoms with Crippen LogP contribution < -0.4 is 10.6 Å². The molecule has 11 nitrogen and oxygen atoms in total. The summed E-state index contributed by atoms with van der Waals surface area (Å²) in [5.41, 5.74) is 4.84. The molecular weight excluding hydrogens is 683 g/mol. The monoisotopic (exact) mass is 723 g/mol. The SMILES string of the molecule is CC(=O)Nc1ccc(SC[C@@H]2O[C@H](c3ccc(CN4C(=O)CC(NC(=O)OCc5ccccc5)C4=O)cc3)O[C@H](c3ccc(CO)cc3)[C@@H]2C)cc1. The number of ether oxygens (including phenoxy) is 3. The van der Waals surface area contributed by atoms with Crippen LogP contribution in [0.5, 0.6) is 0 Å². The van der Waals surface area contributed by atoms with Gasteiger partial charge in [-0.05, 0) is 46.5 Å². The Labute approximate surface area is 306 Å². The minimum Gasteiger partial charge on any atom is -0.445 e. The number of alkyl carbamates (subject to hydrolysis) is 1. The number of thioether (sulfide) groups is 1. The van der Waals surface area contributed by atoms with Crippen molar-refractivity contribution in [2.24, 2.45) is 5.92 Å². The number of carbonyl (C=O) groups is 4. The lowest BCUT2D eigenvalue weighted by Crippen LogP contribution is -2.41. The van der Waals surface area contributed by atoms with Gasteiger partial charge >= 0.3 is 6.09 Å². The lowest BCUT2D eigenvalue weighted by molar-refractivity contribution is -0.268. The van der Waals surface area contributed by atoms with Crippen LogP contribution in [-0.4, -0.2) is 51.7 Å². The van der Waals surface area contributed by atoms with E-state index in [0.717, 1.165) is 43.3 Å². The molecule has 0 bridgehead atoms. The van der Waals surface area contributed by atoms with Crippen molar-refractivity contribution < 1.29 is 38.5 Å². The molecule has 0 radical (unpaired) electrons. The number of nitrogens with one attached hydrogen (secondary N) is 2. The molecule has 4 amide bonds. The summed E-state index contributed by atoms with van der Waals surface area (Å²) in [7, 11) is 0. The molecule has 0 saturated carbocycles. The van der Waals surface area contributed by atoms with Crippen LogP contribution in [0.4, 0.5) is 10.5 Å². The van der Waals surface area contributed by atoms with Crippen LogP contribution in [0.1, 0.15) is 60.5 Å². The van der Waals surface area contributed by atoms with Crippen LogP contribution in [0.15, 0.2) is 108 Å². The van der Waals surface area contributed by atoms with E-state index in [4.69, 9.17) is 14.2 Å². The minimum absolute atomic E-state index is 0.00832. The average Bonchev–Trinajstić information content (AvgIpc) is 3.41. The van der Waals surface area contributed by atoms with Gasteiger partial charge < -0.3 is 30.0 Å². The zero-order valence-corrected chi connectivity index (χ0v) is 29.7. The molecule has 2 aliphatic rings. The Hall–Kier alpha value is -5.01. The first-order valence-corrected chi connectivity index (χ1v) is 18.1. The van der Waals surface area contributed by atoms with Gasteiger partial charge in [0, 0.05) is 34.7 Å². The van der Waals surface area contributed by atoms with Crippen molar-refractivity contribution in [1.29, 1.82) is 0 Å². The summed E-state index contributed by atoms with van der Waals surface area (Å²) in [6.45, 7) is 3.63. The highest BCUT2D eigenvalue weighted by Gasteiger charge is 2.40. The Kier molecular flexibility index (Phi) is 12.0. The van der Waals surface area contributed by atoms with Gasteiger partial charge in [-0.3, -0.25) is 19.3 Å². The van der Waals surface area contributed by atoms with Crippen LogP contribution in [0.2, 0.25) is 0 Å². The van der Waals surface area contributed by atoms with Crippen LogP contribution in [-0.2, 0) is 48.4 Å². The third-order valence-electron chi connectivity index (χ3n) is 9.05. The van der Waals surface area contributed by atoms with E-state index in [2.05, 4.69) is 17.6 Å². The molecule has 2 heterocycles. The molecular formula is C40H41N3O8S. The van der Waals surface area contributed by atoms with Crippen molar-refractivity contribution >= 4 is 41.3 Å². The number of anilines is 1. The van der Waals surface area contributed by atoms with E-state index < -0.39 is 24.3 Å². The summed E-state index contributed by atoms with van der Waals surface area (Å²) in [5.74, 6) is -0.349. The highest BCUT2D eigenvalue weighted by molar-refractivity contribution is 7.99. The zero-order valence-electron chi connectivity index (χ0n) is 28.9. The second kappa shape index (κ2) is 17.0. The summed E-state index contributed by atoms with van der Waals surface area (Å²) in [6, 6.07) is 31.0. The molecule has 52 heavy (non-hydrogen) atoms. The molecule has 270 valence electrons. The molecule has 3 N–H and O–H groups in total. The van der Waals surface area contributed by atoms with Crippen molar-refractivity contribution in [1.82, 2.24) is 10.2 Å². The van der Waals surface area contributed by atoms with Gasteiger partial charge in [-0.1, -0.05) is 85.8 Å². The molecule has 2 aliphatic heterocycles. The number of hydrogen-bond donors (Lipinski definition) is 3. The van der Waals surface area contributed by atoms with Crippen molar-refractivity contribution in [2.45, 2.75) is 69.5 Å². The van der Waals surface area contributed by atoms with Gasteiger partial charge in [-0.15, -0.1) is 11.8 Å². The Morgan fingerprint density at radius 3 is 2.21 bits per heavy atom. The zero-order chi connectivity index (χ0) is 36.6. The van der Waals surface area contributed by atoms with E-state index in [1.54, 1.807) is 11.8 Å². The van der Waals surface area contributed by atoms with Crippen molar-refractivity contribution in [3.63, 3.8) is 0 Å². The quantitative estimate of drug-likeness (QED) is 0.114. The van der Waals surface area contributed by atoms with Crippen LogP contribution in [0.25, 0.3) is 0 Å². The van der Waals surface area contributed by atoms with Crippen molar-refractivity contribution in [2.75, 3.05) is 11.1 Å². The van der Waals surface area contributed by atoms with E-state index in [1.165, 1.54) is 6.92 Å². The number of aliphatic hydroxyl groups is 1. The van der Waals surface area contributed by atoms with Gasteiger partial charge in [0.1, 0.15) is 12.6 Å². The molecule has 12 heteroatoms. The second-order valence-electron chi connectivity index (χ2n) is 12.9. The van der Waals surface area contributed by atoms with E-state index >= 15 is 0 Å². The van der Waals surface area contributed by atoms with Gasteiger partial charge in [0.05, 0.1) is 31.8 Å². The summed E-state index contributed by atoms with van der Waals surface area (Å²) in [4.78, 5) is 51.9. The van der Waals surface area contributed by atoms with E-state index in [1.807, 2.05) is 103 Å². The Bertz CT molecular complexity index is 1850. The highest BCUT2D eigenvalue weighted by atomic mass is 32.2. The molecule has 5 atom stereocenters. The molecule has 0 aromatic heterocycles. The van der Waals surface area contributed by atoms with Crippen molar-refractivity contribution in [3.05, 3.63) is 131 Å². The maximum Gasteiger partial charge on any atom is 0.408 e. The predicted molar refractivity (Wildman–Crippen MR) is 195 cm³/mol. The van der Waals surface area contributed by atoms with E-state index in [-0.39, 0.29) is 56.1 Å². The van der Waals surface area contributed by atoms with Gasteiger partial charge in [-0.2, -0.15) is 0 Å². The van der Waals surface area contributed by atoms with Crippen LogP contribution in [0.3, 0.4) is 0 Å². The van der Waals surface area contributed by atoms with E-state index in [0.29, 0.717) is 5.75 Å². The molecule has 2 fully saturated rings. The number of rotatable bonds is 12. The predicted octanol–water partition coefficient (Wildman–Crippen LogP) is 6.27. The molecule has 0 aliphatic carbocycles. The maximum absolute atomic E-state index is 13.1. The molecule has 4 aromatic rings. The number of aliphatic hydroxyl groups excluding tert-OH is 1. The molecule has 6 rings (SSSR count). The standard InChI is InChI=1S/C40H41N3O8S/c1-25-35(24-52-33-18-16-32(17-19-33)41-26(2)45)50-39(51-37(25)30-12-10-28(22-44)11-13-30)31-14-8-27(9-15-31)21-43-36(46)20-34(38(43)47)42-40(48)49-23-29-6-4-3-5-7-29/h3-19,25,34-35,37,39,44H,20-24H2,1-2H3,(H,41,45)(H,42,48)/t25-,34?,35+,37+,39+/m1/s1. The smallest absolute Gasteiger partial charge is 0.408 e. The number of likely N-dealkylation sites (tertiary alicyclic amines) is 1. The van der Waals surface area contributed by atoms with Gasteiger partial charge in [0.25, 0.3) is 5.91 Å². The molecule has 4 aromatic carbocycles. The fourth-order valence-corrected chi connectivity index (χ4v) is 7.23. The minimum atomic E-state index is -0.991. The van der Waals surface area contributed by atoms with Crippen molar-refractivity contribution in [3.8, 4) is 0 Å². The largest absolute Gasteiger partial charge is 0.445 e. The first-order chi connectivity index (χ1) is 25.2. The fourth-order valence-electron chi connectivity index (χ4n) is 6.16. The summed E-state index contributed by atoms with van der Waals surface area (Å²) < 4.78 is 18.4. The number of nitrogens with zero attached hydrogens (tertiary/aromatic N) is 1. The molecule has 1 unspecified atom stereocenters. The first-order valence-electron chi connectivity index (χ1n) is 17.1. The van der Waals surface area contributed by atoms with Gasteiger partial charge in [-0.25, -0.2) is 4.79 Å². The number of imide groups is 1. The lowest BCUT2D eigenvalue weighted by Gasteiger charge is -2.41. The number of hydrogen-bond acceptors (Lipinski definition) is 9. The third-order valence-corrected chi connectivity index (χ3v) is 10.2. The van der Waals surface area contributed by atoms with Crippen LogP contribution >= 0.6 is 11.8 Å². The average molecular weight is 724 g/mol. The number of carbonyl (C=O) groups excluding carboxylic acids is 4. The number of benzene rings is 4. The highest BCUT2D eigenvalue weighted by Crippen LogP contribution is 2.43. The summed E-state index contributed by atoms with van der Waals surface area (Å²) in [6.07, 6.45) is -2.07. The Morgan fingerprint density at radius 1 is 0.865 bits per heavy atom. The van der Waals surface area contributed by atoms with Crippen LogP contribution in [0, 0.1) is 5.92 Å². The Balaban J connectivity index is 1.10. The maximum atomic E-state index is 13.1. The summed E-state index contributed by atoms with van der Waals surface area (Å²) >= 11 is 1.65. The Morgan fingerprint density at radius 2 is 1.54 bits per heavy atom.